The predicted molar refractivity (Wildman–Crippen MR) is 106 cm³/mol. The van der Waals surface area contributed by atoms with Crippen molar-refractivity contribution in [3.8, 4) is 0 Å². The van der Waals surface area contributed by atoms with Crippen molar-refractivity contribution in [3.05, 3.63) is 53.6 Å². The standard InChI is InChI=1S/C21H26N4O/c1-16-7-8-20(25-10-9-17-5-3-4-6-19(17)25)18(15-16)22-21(26)24-13-11-23(2)12-14-24/h3-8,15H,9-14H2,1-2H3,(H,22,26). The largest absolute Gasteiger partial charge is 0.339 e. The van der Waals surface area contributed by atoms with Crippen LogP contribution in [-0.4, -0.2) is 55.6 Å². The topological polar surface area (TPSA) is 38.8 Å². The number of urea groups is 1. The number of benzene rings is 2. The van der Waals surface area contributed by atoms with Crippen LogP contribution >= 0.6 is 0 Å². The number of hydrogen-bond acceptors (Lipinski definition) is 3. The third-order valence-corrected chi connectivity index (χ3v) is 5.36. The molecular formula is C21H26N4O. The van der Waals surface area contributed by atoms with Crippen molar-refractivity contribution < 1.29 is 4.79 Å². The van der Waals surface area contributed by atoms with E-state index in [9.17, 15) is 4.79 Å². The highest BCUT2D eigenvalue weighted by molar-refractivity contribution is 5.95. The summed E-state index contributed by atoms with van der Waals surface area (Å²) < 4.78 is 0. The highest BCUT2D eigenvalue weighted by atomic mass is 16.2. The molecule has 0 spiro atoms. The van der Waals surface area contributed by atoms with Gasteiger partial charge in [0.15, 0.2) is 0 Å². The Hall–Kier alpha value is -2.53. The zero-order valence-electron chi connectivity index (χ0n) is 15.5. The number of piperazine rings is 1. The summed E-state index contributed by atoms with van der Waals surface area (Å²) in [4.78, 5) is 19.2. The Balaban J connectivity index is 1.59. The molecule has 5 heteroatoms. The number of rotatable bonds is 2. The summed E-state index contributed by atoms with van der Waals surface area (Å²) in [5.41, 5.74) is 5.72. The lowest BCUT2D eigenvalue weighted by atomic mass is 10.1. The van der Waals surface area contributed by atoms with Gasteiger partial charge < -0.3 is 20.0 Å². The van der Waals surface area contributed by atoms with Crippen LogP contribution in [0.4, 0.5) is 21.9 Å². The summed E-state index contributed by atoms with van der Waals surface area (Å²) in [6, 6.07) is 14.8. The number of carbonyl (C=O) groups is 1. The number of anilines is 3. The first kappa shape index (κ1) is 16.9. The molecule has 0 aromatic heterocycles. The van der Waals surface area contributed by atoms with Crippen LogP contribution in [0.15, 0.2) is 42.5 Å². The minimum absolute atomic E-state index is 0.00238. The van der Waals surface area contributed by atoms with Crippen LogP contribution in [0.2, 0.25) is 0 Å². The lowest BCUT2D eigenvalue weighted by Crippen LogP contribution is -2.48. The van der Waals surface area contributed by atoms with Gasteiger partial charge in [-0.2, -0.15) is 0 Å². The molecule has 1 fully saturated rings. The maximum absolute atomic E-state index is 12.8. The predicted octanol–water partition coefficient (Wildman–Crippen LogP) is 3.47. The Morgan fingerprint density at radius 3 is 2.54 bits per heavy atom. The fourth-order valence-electron chi connectivity index (χ4n) is 3.78. The van der Waals surface area contributed by atoms with Crippen LogP contribution in [-0.2, 0) is 6.42 Å². The minimum atomic E-state index is -0.00238. The molecule has 2 aliphatic heterocycles. The molecular weight excluding hydrogens is 324 g/mol. The fraction of sp³-hybridized carbons (Fsp3) is 0.381. The van der Waals surface area contributed by atoms with E-state index in [1.807, 2.05) is 4.90 Å². The van der Waals surface area contributed by atoms with E-state index >= 15 is 0 Å². The molecule has 26 heavy (non-hydrogen) atoms. The van der Waals surface area contributed by atoms with Crippen molar-refractivity contribution in [3.63, 3.8) is 0 Å². The number of amides is 2. The van der Waals surface area contributed by atoms with E-state index in [0.717, 1.165) is 56.1 Å². The van der Waals surface area contributed by atoms with E-state index in [0.29, 0.717) is 0 Å². The van der Waals surface area contributed by atoms with E-state index in [1.165, 1.54) is 11.3 Å². The number of nitrogens with zero attached hydrogens (tertiary/aromatic N) is 3. The molecule has 2 aromatic carbocycles. The molecule has 136 valence electrons. The maximum atomic E-state index is 12.8. The summed E-state index contributed by atoms with van der Waals surface area (Å²) in [7, 11) is 2.10. The van der Waals surface area contributed by atoms with Crippen molar-refractivity contribution in [1.29, 1.82) is 0 Å². The zero-order chi connectivity index (χ0) is 18.1. The van der Waals surface area contributed by atoms with Gasteiger partial charge in [-0.25, -0.2) is 4.79 Å². The van der Waals surface area contributed by atoms with Gasteiger partial charge in [-0.1, -0.05) is 24.3 Å². The molecule has 1 N–H and O–H groups in total. The molecule has 0 radical (unpaired) electrons. The fourth-order valence-corrected chi connectivity index (χ4v) is 3.78. The molecule has 4 rings (SSSR count). The molecule has 2 aliphatic rings. The van der Waals surface area contributed by atoms with E-state index in [-0.39, 0.29) is 6.03 Å². The number of aryl methyl sites for hydroxylation is 1. The highest BCUT2D eigenvalue weighted by Gasteiger charge is 2.24. The average molecular weight is 350 g/mol. The average Bonchev–Trinajstić information content (AvgIpc) is 3.06. The number of carbonyl (C=O) groups excluding carboxylic acids is 1. The summed E-state index contributed by atoms with van der Waals surface area (Å²) in [6.07, 6.45) is 1.04. The molecule has 0 atom stereocenters. The number of likely N-dealkylation sites (N-methyl/N-ethyl adjacent to an activating group) is 1. The second kappa shape index (κ2) is 7.00. The van der Waals surface area contributed by atoms with Gasteiger partial charge in [0.1, 0.15) is 0 Å². The van der Waals surface area contributed by atoms with Crippen molar-refractivity contribution in [1.82, 2.24) is 9.80 Å². The summed E-state index contributed by atoms with van der Waals surface area (Å²) in [5, 5.41) is 3.17. The second-order valence-electron chi connectivity index (χ2n) is 7.27. The quantitative estimate of drug-likeness (QED) is 0.901. The summed E-state index contributed by atoms with van der Waals surface area (Å²) >= 11 is 0. The van der Waals surface area contributed by atoms with Gasteiger partial charge >= 0.3 is 6.03 Å². The molecule has 0 saturated carbocycles. The first-order valence-electron chi connectivity index (χ1n) is 9.32. The zero-order valence-corrected chi connectivity index (χ0v) is 15.5. The van der Waals surface area contributed by atoms with Crippen LogP contribution < -0.4 is 10.2 Å². The van der Waals surface area contributed by atoms with E-state index in [2.05, 4.69) is 71.6 Å². The van der Waals surface area contributed by atoms with Crippen molar-refractivity contribution >= 4 is 23.1 Å². The van der Waals surface area contributed by atoms with Gasteiger partial charge in [0.05, 0.1) is 11.4 Å². The van der Waals surface area contributed by atoms with Gasteiger partial charge in [-0.3, -0.25) is 0 Å². The minimum Gasteiger partial charge on any atom is -0.339 e. The van der Waals surface area contributed by atoms with E-state index < -0.39 is 0 Å². The monoisotopic (exact) mass is 350 g/mol. The highest BCUT2D eigenvalue weighted by Crippen LogP contribution is 2.38. The van der Waals surface area contributed by atoms with Crippen LogP contribution in [0.1, 0.15) is 11.1 Å². The molecule has 2 heterocycles. The van der Waals surface area contributed by atoms with Crippen LogP contribution in [0.5, 0.6) is 0 Å². The van der Waals surface area contributed by atoms with E-state index in [4.69, 9.17) is 0 Å². The summed E-state index contributed by atoms with van der Waals surface area (Å²) in [6.45, 7) is 6.40. The van der Waals surface area contributed by atoms with Gasteiger partial charge in [0.2, 0.25) is 0 Å². The molecule has 2 aromatic rings. The Labute approximate surface area is 155 Å². The van der Waals surface area contributed by atoms with Crippen molar-refractivity contribution in [2.45, 2.75) is 13.3 Å². The van der Waals surface area contributed by atoms with Crippen molar-refractivity contribution in [2.75, 3.05) is 50.0 Å². The molecule has 0 bridgehead atoms. The Bertz CT molecular complexity index is 811. The first-order chi connectivity index (χ1) is 12.6. The third kappa shape index (κ3) is 3.27. The Kier molecular flexibility index (Phi) is 4.55. The smallest absolute Gasteiger partial charge is 0.321 e. The normalized spacial score (nSPS) is 17.3. The molecule has 0 unspecified atom stereocenters. The van der Waals surface area contributed by atoms with Gasteiger partial charge in [-0.15, -0.1) is 0 Å². The van der Waals surface area contributed by atoms with Crippen molar-refractivity contribution in [2.24, 2.45) is 0 Å². The molecule has 0 aliphatic carbocycles. The summed E-state index contributed by atoms with van der Waals surface area (Å²) in [5.74, 6) is 0. The molecule has 2 amide bonds. The molecule has 1 saturated heterocycles. The first-order valence-corrected chi connectivity index (χ1v) is 9.32. The van der Waals surface area contributed by atoms with Gasteiger partial charge in [-0.05, 0) is 49.7 Å². The lowest BCUT2D eigenvalue weighted by molar-refractivity contribution is 0.164. The second-order valence-corrected chi connectivity index (χ2v) is 7.27. The Morgan fingerprint density at radius 2 is 1.73 bits per heavy atom. The number of fused-ring (bicyclic) bond motifs is 1. The molecule has 5 nitrogen and oxygen atoms in total. The van der Waals surface area contributed by atoms with Crippen LogP contribution in [0, 0.1) is 6.92 Å². The third-order valence-electron chi connectivity index (χ3n) is 5.36. The van der Waals surface area contributed by atoms with E-state index in [1.54, 1.807) is 0 Å². The SMILES string of the molecule is Cc1ccc(N2CCc3ccccc32)c(NC(=O)N2CCN(C)CC2)c1. The van der Waals surface area contributed by atoms with Gasteiger partial charge in [0.25, 0.3) is 0 Å². The van der Waals surface area contributed by atoms with Gasteiger partial charge in [0, 0.05) is 38.4 Å². The maximum Gasteiger partial charge on any atom is 0.321 e. The number of hydrogen-bond donors (Lipinski definition) is 1. The number of para-hydroxylation sites is 1. The number of nitrogens with one attached hydrogen (secondary N) is 1. The van der Waals surface area contributed by atoms with Crippen LogP contribution in [0.25, 0.3) is 0 Å². The van der Waals surface area contributed by atoms with Crippen LogP contribution in [0.3, 0.4) is 0 Å². The Morgan fingerprint density at radius 1 is 0.962 bits per heavy atom. The lowest BCUT2D eigenvalue weighted by Gasteiger charge is -2.33.